The van der Waals surface area contributed by atoms with Gasteiger partial charge >= 0.3 is 11.9 Å². The van der Waals surface area contributed by atoms with Crippen LogP contribution in [0.3, 0.4) is 0 Å². The number of hydrogen-bond donors (Lipinski definition) is 2. The lowest BCUT2D eigenvalue weighted by atomic mass is 10.1. The van der Waals surface area contributed by atoms with E-state index in [1.54, 1.807) is 16.3 Å². The lowest BCUT2D eigenvalue weighted by molar-refractivity contribution is -0.138. The number of carbonyl (C=O) groups is 2. The van der Waals surface area contributed by atoms with Gasteiger partial charge < -0.3 is 24.3 Å². The van der Waals surface area contributed by atoms with E-state index in [9.17, 15) is 14.7 Å². The van der Waals surface area contributed by atoms with E-state index in [1.165, 1.54) is 0 Å². The maximum Gasteiger partial charge on any atom is 0.323 e. The highest BCUT2D eigenvalue weighted by molar-refractivity contribution is 7.99. The molecule has 4 aromatic rings. The zero-order valence-corrected chi connectivity index (χ0v) is 23.0. The van der Waals surface area contributed by atoms with Crippen LogP contribution < -0.4 is 9.47 Å². The predicted molar refractivity (Wildman–Crippen MR) is 159 cm³/mol. The average molecular weight is 560 g/mol. The summed E-state index contributed by atoms with van der Waals surface area (Å²) >= 11 is 1.55. The van der Waals surface area contributed by atoms with Crippen LogP contribution in [-0.4, -0.2) is 45.7 Å². The van der Waals surface area contributed by atoms with E-state index >= 15 is 0 Å². The van der Waals surface area contributed by atoms with Gasteiger partial charge in [0, 0.05) is 22.9 Å². The molecule has 0 unspecified atom stereocenters. The maximum absolute atomic E-state index is 11.5. The van der Waals surface area contributed by atoms with E-state index in [-0.39, 0.29) is 13.0 Å². The number of unbranched alkanes of at least 4 members (excludes halogenated alkanes) is 1. The Morgan fingerprint density at radius 2 is 1.48 bits per heavy atom. The SMILES string of the molecule is O=C(O)CCCSc1cn(CC(=O)O)c2c(C=Cc3ccc(OCCCCOc4ccccc4)cc3)cccc12. The van der Waals surface area contributed by atoms with Crippen molar-refractivity contribution >= 4 is 46.8 Å². The quantitative estimate of drug-likeness (QED) is 0.0859. The summed E-state index contributed by atoms with van der Waals surface area (Å²) in [6, 6.07) is 23.5. The van der Waals surface area contributed by atoms with Gasteiger partial charge in [-0.05, 0) is 60.4 Å². The van der Waals surface area contributed by atoms with Gasteiger partial charge in [-0.1, -0.05) is 60.7 Å². The lowest BCUT2D eigenvalue weighted by Crippen LogP contribution is -2.07. The van der Waals surface area contributed by atoms with Gasteiger partial charge in [0.15, 0.2) is 0 Å². The fraction of sp³-hybridized carbons (Fsp3) is 0.250. The zero-order chi connectivity index (χ0) is 28.2. The molecule has 0 atom stereocenters. The number of hydrogen-bond acceptors (Lipinski definition) is 5. The molecule has 0 spiro atoms. The van der Waals surface area contributed by atoms with Crippen LogP contribution in [0.15, 0.2) is 83.9 Å². The van der Waals surface area contributed by atoms with E-state index in [0.717, 1.165) is 51.3 Å². The normalized spacial score (nSPS) is 11.2. The number of ether oxygens (including phenoxy) is 2. The van der Waals surface area contributed by atoms with Gasteiger partial charge in [0.2, 0.25) is 0 Å². The van der Waals surface area contributed by atoms with Gasteiger partial charge in [0.05, 0.1) is 18.7 Å². The monoisotopic (exact) mass is 559 g/mol. The molecule has 0 amide bonds. The molecule has 0 aliphatic carbocycles. The summed E-state index contributed by atoms with van der Waals surface area (Å²) in [6.45, 7) is 1.12. The summed E-state index contributed by atoms with van der Waals surface area (Å²) in [6.07, 6.45) is 8.30. The third-order valence-corrected chi connectivity index (χ3v) is 7.28. The Balaban J connectivity index is 1.35. The van der Waals surface area contributed by atoms with Crippen LogP contribution in [0.5, 0.6) is 11.5 Å². The van der Waals surface area contributed by atoms with Crippen LogP contribution in [0.25, 0.3) is 23.1 Å². The van der Waals surface area contributed by atoms with Crippen LogP contribution >= 0.6 is 11.8 Å². The Kier molecular flexibility index (Phi) is 10.7. The molecule has 3 aromatic carbocycles. The van der Waals surface area contributed by atoms with Crippen LogP contribution in [0.2, 0.25) is 0 Å². The Morgan fingerprint density at radius 1 is 0.775 bits per heavy atom. The first-order valence-corrected chi connectivity index (χ1v) is 14.3. The van der Waals surface area contributed by atoms with Crippen molar-refractivity contribution in [2.24, 2.45) is 0 Å². The molecular formula is C32H33NO6S. The molecular weight excluding hydrogens is 526 g/mol. The van der Waals surface area contributed by atoms with Crippen LogP contribution in [0.4, 0.5) is 0 Å². The molecule has 0 aliphatic heterocycles. The summed E-state index contributed by atoms with van der Waals surface area (Å²) in [5.41, 5.74) is 2.76. The number of fused-ring (bicyclic) bond motifs is 1. The topological polar surface area (TPSA) is 98.0 Å². The van der Waals surface area contributed by atoms with E-state index in [2.05, 4.69) is 0 Å². The standard InChI is InChI=1S/C32H33NO6S/c34-30(35)12-7-21-40-29-22-33(23-31(36)37)32-25(8-6-11-28(29)32)16-13-24-14-17-27(18-15-24)39-20-5-4-19-38-26-9-2-1-3-10-26/h1-3,6,8-11,13-18,22H,4-5,7,12,19-21,23H2,(H,34,35)(H,36,37). The van der Waals surface area contributed by atoms with Gasteiger partial charge in [0.25, 0.3) is 0 Å². The van der Waals surface area contributed by atoms with E-state index in [0.29, 0.717) is 25.4 Å². The van der Waals surface area contributed by atoms with E-state index in [1.807, 2.05) is 91.1 Å². The summed E-state index contributed by atoms with van der Waals surface area (Å²) in [5.74, 6) is 0.603. The third kappa shape index (κ3) is 8.68. The van der Waals surface area contributed by atoms with Crippen molar-refractivity contribution in [3.8, 4) is 11.5 Å². The van der Waals surface area contributed by atoms with Gasteiger partial charge in [0.1, 0.15) is 18.0 Å². The molecule has 208 valence electrons. The molecule has 0 saturated carbocycles. The molecule has 40 heavy (non-hydrogen) atoms. The third-order valence-electron chi connectivity index (χ3n) is 6.15. The second kappa shape index (κ2) is 14.8. The molecule has 0 bridgehead atoms. The summed E-state index contributed by atoms with van der Waals surface area (Å²) in [5, 5.41) is 19.3. The van der Waals surface area contributed by atoms with Crippen molar-refractivity contribution in [1.82, 2.24) is 4.57 Å². The molecule has 2 N–H and O–H groups in total. The molecule has 1 heterocycles. The predicted octanol–water partition coefficient (Wildman–Crippen LogP) is 7.09. The maximum atomic E-state index is 11.5. The number of aromatic nitrogens is 1. The molecule has 0 fully saturated rings. The van der Waals surface area contributed by atoms with Crippen LogP contribution in [-0.2, 0) is 16.1 Å². The molecule has 0 aliphatic rings. The fourth-order valence-electron chi connectivity index (χ4n) is 4.24. The highest BCUT2D eigenvalue weighted by Gasteiger charge is 2.14. The van der Waals surface area contributed by atoms with Crippen molar-refractivity contribution in [2.45, 2.75) is 37.1 Å². The molecule has 0 saturated heterocycles. The van der Waals surface area contributed by atoms with Gasteiger partial charge in [-0.3, -0.25) is 9.59 Å². The number of para-hydroxylation sites is 2. The van der Waals surface area contributed by atoms with Crippen molar-refractivity contribution < 1.29 is 29.3 Å². The van der Waals surface area contributed by atoms with Crippen LogP contribution in [0.1, 0.15) is 36.8 Å². The molecule has 8 heteroatoms. The Labute approximate surface area is 238 Å². The largest absolute Gasteiger partial charge is 0.494 e. The minimum absolute atomic E-state index is 0.113. The zero-order valence-electron chi connectivity index (χ0n) is 22.2. The highest BCUT2D eigenvalue weighted by Crippen LogP contribution is 2.33. The first-order chi connectivity index (χ1) is 19.5. The molecule has 4 rings (SSSR count). The van der Waals surface area contributed by atoms with Gasteiger partial charge in [-0.15, -0.1) is 11.8 Å². The second-order valence-electron chi connectivity index (χ2n) is 9.22. The lowest BCUT2D eigenvalue weighted by Gasteiger charge is -2.08. The van der Waals surface area contributed by atoms with Crippen LogP contribution in [0, 0.1) is 0 Å². The first-order valence-electron chi connectivity index (χ1n) is 13.3. The smallest absolute Gasteiger partial charge is 0.323 e. The highest BCUT2D eigenvalue weighted by atomic mass is 32.2. The summed E-state index contributed by atoms with van der Waals surface area (Å²) in [7, 11) is 0. The van der Waals surface area contributed by atoms with Crippen molar-refractivity contribution in [2.75, 3.05) is 19.0 Å². The Morgan fingerprint density at radius 3 is 2.15 bits per heavy atom. The minimum Gasteiger partial charge on any atom is -0.494 e. The fourth-order valence-corrected chi connectivity index (χ4v) is 5.27. The summed E-state index contributed by atoms with van der Waals surface area (Å²) < 4.78 is 13.3. The van der Waals surface area contributed by atoms with Gasteiger partial charge in [-0.25, -0.2) is 0 Å². The van der Waals surface area contributed by atoms with E-state index < -0.39 is 11.9 Å². The summed E-state index contributed by atoms with van der Waals surface area (Å²) in [4.78, 5) is 23.3. The number of nitrogens with zero attached hydrogens (tertiary/aromatic N) is 1. The van der Waals surface area contributed by atoms with Crippen molar-refractivity contribution in [3.63, 3.8) is 0 Å². The first kappa shape index (κ1) is 28.8. The number of carboxylic acid groups (broad SMARTS) is 2. The number of thioether (sulfide) groups is 1. The molecule has 7 nitrogen and oxygen atoms in total. The number of benzene rings is 3. The Hall–Kier alpha value is -4.17. The van der Waals surface area contributed by atoms with Crippen molar-refractivity contribution in [3.05, 3.63) is 90.1 Å². The minimum atomic E-state index is -0.919. The van der Waals surface area contributed by atoms with E-state index in [4.69, 9.17) is 14.6 Å². The molecule has 0 radical (unpaired) electrons. The number of rotatable bonds is 16. The van der Waals surface area contributed by atoms with Gasteiger partial charge in [-0.2, -0.15) is 0 Å². The molecule has 1 aromatic heterocycles. The van der Waals surface area contributed by atoms with Crippen molar-refractivity contribution in [1.29, 1.82) is 0 Å². The average Bonchev–Trinajstić information content (AvgIpc) is 3.30. The number of aliphatic carboxylic acids is 2. The second-order valence-corrected chi connectivity index (χ2v) is 10.4. The number of carboxylic acids is 2. The Bertz CT molecular complexity index is 1430.